The lowest BCUT2D eigenvalue weighted by Gasteiger charge is -2.14. The number of methoxy groups -OCH3 is 1. The zero-order valence-electron chi connectivity index (χ0n) is 17.5. The molecule has 0 radical (unpaired) electrons. The molecule has 4 rings (SSSR count). The third-order valence-electron chi connectivity index (χ3n) is 4.74. The van der Waals surface area contributed by atoms with Crippen molar-refractivity contribution in [3.05, 3.63) is 75.9 Å². The Labute approximate surface area is 198 Å². The van der Waals surface area contributed by atoms with Gasteiger partial charge in [-0.1, -0.05) is 36.0 Å². The molecular weight excluding hydrogens is 462 g/mol. The van der Waals surface area contributed by atoms with Gasteiger partial charge in [-0.2, -0.15) is 0 Å². The van der Waals surface area contributed by atoms with Crippen molar-refractivity contribution in [3.8, 4) is 5.75 Å². The number of aromatic nitrogens is 2. The lowest BCUT2D eigenvalue weighted by molar-refractivity contribution is -0.113. The Bertz CT molecular complexity index is 1320. The Morgan fingerprint density at radius 1 is 1.19 bits per heavy atom. The van der Waals surface area contributed by atoms with Crippen molar-refractivity contribution in [1.29, 1.82) is 0 Å². The maximum atomic E-state index is 13.2. The molecule has 32 heavy (non-hydrogen) atoms. The maximum Gasteiger partial charge on any atom is 0.272 e. The lowest BCUT2D eigenvalue weighted by Crippen LogP contribution is -2.24. The van der Waals surface area contributed by atoms with Gasteiger partial charge in [0.1, 0.15) is 10.4 Å². The van der Waals surface area contributed by atoms with Crippen LogP contribution in [0.15, 0.2) is 74.8 Å². The topological polar surface area (TPSA) is 73.2 Å². The van der Waals surface area contributed by atoms with E-state index in [4.69, 9.17) is 4.74 Å². The van der Waals surface area contributed by atoms with E-state index >= 15 is 0 Å². The van der Waals surface area contributed by atoms with Crippen LogP contribution in [0.2, 0.25) is 0 Å². The quantitative estimate of drug-likeness (QED) is 0.282. The predicted molar refractivity (Wildman–Crippen MR) is 134 cm³/mol. The molecule has 0 aliphatic carbocycles. The highest BCUT2D eigenvalue weighted by atomic mass is 32.2. The third-order valence-corrected chi connectivity index (χ3v) is 7.33. The molecule has 4 aromatic rings. The van der Waals surface area contributed by atoms with Gasteiger partial charge in [-0.3, -0.25) is 14.2 Å². The summed E-state index contributed by atoms with van der Waals surface area (Å²) in [5, 5.41) is 5.27. The van der Waals surface area contributed by atoms with Gasteiger partial charge < -0.3 is 10.1 Å². The number of benzene rings is 2. The number of nitrogens with one attached hydrogen (secondary N) is 1. The molecular formula is C23H21N3O3S3. The van der Waals surface area contributed by atoms with Gasteiger partial charge in [-0.25, -0.2) is 4.98 Å². The fraction of sp³-hybridized carbons (Fsp3) is 0.174. The molecule has 0 aliphatic rings. The highest BCUT2D eigenvalue weighted by molar-refractivity contribution is 7.99. The summed E-state index contributed by atoms with van der Waals surface area (Å²) in [4.78, 5) is 31.5. The molecule has 0 saturated heterocycles. The molecule has 0 saturated carbocycles. The van der Waals surface area contributed by atoms with Gasteiger partial charge in [0.15, 0.2) is 5.16 Å². The number of fused-ring (bicyclic) bond motifs is 1. The Morgan fingerprint density at radius 3 is 2.84 bits per heavy atom. The van der Waals surface area contributed by atoms with Crippen LogP contribution in [0.5, 0.6) is 5.75 Å². The summed E-state index contributed by atoms with van der Waals surface area (Å²) in [6.07, 6.45) is 1.99. The van der Waals surface area contributed by atoms with Gasteiger partial charge in [0.25, 0.3) is 5.56 Å². The summed E-state index contributed by atoms with van der Waals surface area (Å²) in [7, 11) is 1.61. The van der Waals surface area contributed by atoms with E-state index in [0.29, 0.717) is 27.7 Å². The van der Waals surface area contributed by atoms with E-state index in [0.717, 1.165) is 16.1 Å². The number of hydrogen-bond acceptors (Lipinski definition) is 7. The zero-order valence-corrected chi connectivity index (χ0v) is 20.0. The fourth-order valence-electron chi connectivity index (χ4n) is 3.20. The number of hydrogen-bond donors (Lipinski definition) is 1. The molecule has 2 aromatic heterocycles. The van der Waals surface area contributed by atoms with Crippen LogP contribution in [0, 0.1) is 0 Å². The summed E-state index contributed by atoms with van der Waals surface area (Å²) in [5.41, 5.74) is 2.14. The Kier molecular flexibility index (Phi) is 7.19. The van der Waals surface area contributed by atoms with Gasteiger partial charge in [-0.05, 0) is 42.0 Å². The Balaban J connectivity index is 1.59. The van der Waals surface area contributed by atoms with Crippen molar-refractivity contribution >= 4 is 56.7 Å². The smallest absolute Gasteiger partial charge is 0.272 e. The fourth-order valence-corrected chi connectivity index (χ4v) is 5.24. The average Bonchev–Trinajstić information content (AvgIpc) is 3.29. The molecule has 164 valence electrons. The second-order valence-electron chi connectivity index (χ2n) is 6.80. The second kappa shape index (κ2) is 10.2. The molecule has 1 N–H and O–H groups in total. The van der Waals surface area contributed by atoms with Gasteiger partial charge in [0, 0.05) is 16.1 Å². The van der Waals surface area contributed by atoms with Crippen molar-refractivity contribution in [3.63, 3.8) is 0 Å². The number of amides is 1. The summed E-state index contributed by atoms with van der Waals surface area (Å²) in [6.45, 7) is 0.309. The van der Waals surface area contributed by atoms with E-state index in [2.05, 4.69) is 10.3 Å². The van der Waals surface area contributed by atoms with Crippen molar-refractivity contribution in [2.45, 2.75) is 16.6 Å². The van der Waals surface area contributed by atoms with Crippen LogP contribution in [0.4, 0.5) is 5.69 Å². The SMILES string of the molecule is COc1ccccc1Cn1c(SCC(=O)Nc2cccc(SC)c2)nc2ccsc2c1=O. The Hall–Kier alpha value is -2.75. The van der Waals surface area contributed by atoms with Crippen LogP contribution in [0.25, 0.3) is 10.2 Å². The molecule has 0 bridgehead atoms. The van der Waals surface area contributed by atoms with Gasteiger partial charge >= 0.3 is 0 Å². The molecule has 6 nitrogen and oxygen atoms in total. The second-order valence-corrected chi connectivity index (χ2v) is 9.54. The average molecular weight is 484 g/mol. The van der Waals surface area contributed by atoms with Crippen LogP contribution in [0.3, 0.4) is 0 Å². The first-order valence-corrected chi connectivity index (χ1v) is 12.8. The van der Waals surface area contributed by atoms with E-state index < -0.39 is 0 Å². The van der Waals surface area contributed by atoms with Crippen LogP contribution in [-0.4, -0.2) is 34.6 Å². The minimum absolute atomic E-state index is 0.119. The summed E-state index contributed by atoms with van der Waals surface area (Å²) in [5.74, 6) is 0.683. The van der Waals surface area contributed by atoms with E-state index in [1.165, 1.54) is 23.1 Å². The molecule has 0 unspecified atom stereocenters. The molecule has 1 amide bonds. The number of thiophene rings is 1. The van der Waals surface area contributed by atoms with Gasteiger partial charge in [-0.15, -0.1) is 23.1 Å². The monoisotopic (exact) mass is 483 g/mol. The molecule has 0 fully saturated rings. The number of para-hydroxylation sites is 1. The lowest BCUT2D eigenvalue weighted by atomic mass is 10.2. The first-order valence-electron chi connectivity index (χ1n) is 9.75. The van der Waals surface area contributed by atoms with Crippen molar-refractivity contribution < 1.29 is 9.53 Å². The van der Waals surface area contributed by atoms with Crippen LogP contribution >= 0.6 is 34.9 Å². The number of rotatable bonds is 8. The highest BCUT2D eigenvalue weighted by Crippen LogP contribution is 2.25. The third kappa shape index (κ3) is 5.01. The van der Waals surface area contributed by atoms with Crippen LogP contribution in [0.1, 0.15) is 5.56 Å². The molecule has 9 heteroatoms. The molecule has 0 atom stereocenters. The first-order chi connectivity index (χ1) is 15.6. The largest absolute Gasteiger partial charge is 0.496 e. The number of anilines is 1. The van der Waals surface area contributed by atoms with Crippen molar-refractivity contribution in [2.75, 3.05) is 24.4 Å². The van der Waals surface area contributed by atoms with Crippen LogP contribution < -0.4 is 15.6 Å². The number of carbonyl (C=O) groups excluding carboxylic acids is 1. The predicted octanol–water partition coefficient (Wildman–Crippen LogP) is 4.97. The molecule has 2 heterocycles. The Morgan fingerprint density at radius 2 is 2.03 bits per heavy atom. The highest BCUT2D eigenvalue weighted by Gasteiger charge is 2.16. The van der Waals surface area contributed by atoms with Crippen molar-refractivity contribution in [2.24, 2.45) is 0 Å². The maximum absolute atomic E-state index is 13.2. The molecule has 2 aromatic carbocycles. The standard InChI is InChI=1S/C23H21N3O3S3/c1-29-19-9-4-3-6-15(19)13-26-22(28)21-18(10-11-31-21)25-23(26)32-14-20(27)24-16-7-5-8-17(12-16)30-2/h3-12H,13-14H2,1-2H3,(H,24,27). The number of carbonyl (C=O) groups is 1. The minimum Gasteiger partial charge on any atom is -0.496 e. The minimum atomic E-state index is -0.156. The summed E-state index contributed by atoms with van der Waals surface area (Å²) >= 11 is 4.23. The zero-order chi connectivity index (χ0) is 22.5. The van der Waals surface area contributed by atoms with E-state index in [9.17, 15) is 9.59 Å². The molecule has 0 aliphatic heterocycles. The van der Waals surface area contributed by atoms with Crippen LogP contribution in [-0.2, 0) is 11.3 Å². The number of nitrogens with zero attached hydrogens (tertiary/aromatic N) is 2. The van der Waals surface area contributed by atoms with Gasteiger partial charge in [0.05, 0.1) is 24.9 Å². The van der Waals surface area contributed by atoms with E-state index in [1.54, 1.807) is 23.4 Å². The normalized spacial score (nSPS) is 10.9. The molecule has 0 spiro atoms. The summed E-state index contributed by atoms with van der Waals surface area (Å²) in [6, 6.07) is 17.1. The first kappa shape index (κ1) is 22.4. The van der Waals surface area contributed by atoms with Crippen molar-refractivity contribution in [1.82, 2.24) is 9.55 Å². The summed E-state index contributed by atoms with van der Waals surface area (Å²) < 4.78 is 7.66. The number of ether oxygens (including phenoxy) is 1. The van der Waals surface area contributed by atoms with E-state index in [1.807, 2.05) is 66.2 Å². The van der Waals surface area contributed by atoms with E-state index in [-0.39, 0.29) is 17.2 Å². The van der Waals surface area contributed by atoms with Gasteiger partial charge in [0.2, 0.25) is 5.91 Å². The number of thioether (sulfide) groups is 2.